The van der Waals surface area contributed by atoms with Crippen LogP contribution in [0, 0.1) is 0 Å². The van der Waals surface area contributed by atoms with Gasteiger partial charge < -0.3 is 15.8 Å². The summed E-state index contributed by atoms with van der Waals surface area (Å²) in [4.78, 5) is 19.0. The van der Waals surface area contributed by atoms with E-state index in [0.717, 1.165) is 43.1 Å². The fraction of sp³-hybridized carbons (Fsp3) is 0.500. The lowest BCUT2D eigenvalue weighted by Crippen LogP contribution is -2.37. The molecule has 0 spiro atoms. The summed E-state index contributed by atoms with van der Waals surface area (Å²) < 4.78 is 5.23. The van der Waals surface area contributed by atoms with Crippen molar-refractivity contribution >= 4 is 22.5 Å². The van der Waals surface area contributed by atoms with Crippen molar-refractivity contribution in [1.29, 1.82) is 0 Å². The number of carbonyl (C=O) groups excluding carboxylic acids is 1. The number of rotatable bonds is 7. The molecule has 2 heterocycles. The lowest BCUT2D eigenvalue weighted by atomic mass is 9.82. The predicted molar refractivity (Wildman–Crippen MR) is 113 cm³/mol. The molecule has 8 heteroatoms. The van der Waals surface area contributed by atoms with Crippen molar-refractivity contribution in [3.63, 3.8) is 0 Å². The Balaban J connectivity index is 1.53. The number of hydrogen-bond donors (Lipinski definition) is 3. The van der Waals surface area contributed by atoms with Crippen LogP contribution >= 0.6 is 11.3 Å². The zero-order valence-corrected chi connectivity index (χ0v) is 17.5. The lowest BCUT2D eigenvalue weighted by Gasteiger charge is -2.23. The molecule has 152 valence electrons. The number of carbonyl (C=O) groups is 1. The Morgan fingerprint density at radius 2 is 2.14 bits per heavy atom. The van der Waals surface area contributed by atoms with E-state index in [1.807, 2.05) is 29.6 Å². The fourth-order valence-electron chi connectivity index (χ4n) is 3.31. The van der Waals surface area contributed by atoms with Gasteiger partial charge in [0.2, 0.25) is 0 Å². The van der Waals surface area contributed by atoms with E-state index in [9.17, 15) is 4.79 Å². The Kier molecular flexibility index (Phi) is 6.53. The summed E-state index contributed by atoms with van der Waals surface area (Å²) in [5, 5.41) is 8.30. The number of methoxy groups -OCH3 is 1. The summed E-state index contributed by atoms with van der Waals surface area (Å²) in [5.74, 6) is 0.827. The van der Waals surface area contributed by atoms with Crippen molar-refractivity contribution in [3.05, 3.63) is 40.9 Å². The molecule has 0 bridgehead atoms. The fourth-order valence-corrected chi connectivity index (χ4v) is 4.18. The molecule has 1 fully saturated rings. The van der Waals surface area contributed by atoms with E-state index in [4.69, 9.17) is 10.5 Å². The van der Waals surface area contributed by atoms with Crippen LogP contribution in [0.4, 0.5) is 9.93 Å². The first kappa shape index (κ1) is 20.6. The second kappa shape index (κ2) is 8.89. The highest BCUT2D eigenvalue weighted by atomic mass is 32.1. The second-order valence-corrected chi connectivity index (χ2v) is 8.48. The van der Waals surface area contributed by atoms with Crippen LogP contribution in [0.1, 0.15) is 31.5 Å². The van der Waals surface area contributed by atoms with E-state index in [0.29, 0.717) is 11.7 Å². The van der Waals surface area contributed by atoms with Gasteiger partial charge in [0.15, 0.2) is 5.13 Å². The number of likely N-dealkylation sites (tertiary alicyclic amines) is 1. The third-order valence-corrected chi connectivity index (χ3v) is 5.96. The van der Waals surface area contributed by atoms with Crippen LogP contribution in [-0.2, 0) is 5.41 Å². The van der Waals surface area contributed by atoms with Gasteiger partial charge in [-0.2, -0.15) is 0 Å². The van der Waals surface area contributed by atoms with E-state index < -0.39 is 0 Å². The van der Waals surface area contributed by atoms with Gasteiger partial charge in [0, 0.05) is 36.5 Å². The molecule has 1 aromatic heterocycles. The van der Waals surface area contributed by atoms with Gasteiger partial charge >= 0.3 is 6.03 Å². The third kappa shape index (κ3) is 5.01. The molecule has 1 aliphatic rings. The zero-order chi connectivity index (χ0) is 20.1. The number of aromatic nitrogens is 1. The van der Waals surface area contributed by atoms with E-state index >= 15 is 0 Å². The summed E-state index contributed by atoms with van der Waals surface area (Å²) in [6, 6.07) is 8.01. The Labute approximate surface area is 170 Å². The molecular weight excluding hydrogens is 374 g/mol. The highest BCUT2D eigenvalue weighted by Gasteiger charge is 2.26. The molecule has 4 N–H and O–H groups in total. The van der Waals surface area contributed by atoms with Crippen LogP contribution in [0.3, 0.4) is 0 Å². The first-order valence-electron chi connectivity index (χ1n) is 9.52. The Hall–Kier alpha value is -2.16. The Bertz CT molecular complexity index is 790. The van der Waals surface area contributed by atoms with E-state index in [1.165, 1.54) is 11.3 Å². The Morgan fingerprint density at radius 1 is 1.39 bits per heavy atom. The van der Waals surface area contributed by atoms with E-state index in [-0.39, 0.29) is 17.5 Å². The minimum Gasteiger partial charge on any atom is -0.497 e. The summed E-state index contributed by atoms with van der Waals surface area (Å²) in [6.45, 7) is 7.55. The smallest absolute Gasteiger partial charge is 0.321 e. The van der Waals surface area contributed by atoms with Crippen LogP contribution in [0.25, 0.3) is 0 Å². The molecule has 0 saturated carbocycles. The SMILES string of the molecule is COc1ccc(C(C)(C)c2csc(NC(=O)NCCN3CCC(N)C3)n2)cc1. The number of urea groups is 1. The number of benzene rings is 1. The monoisotopic (exact) mass is 403 g/mol. The van der Waals surface area contributed by atoms with Gasteiger partial charge in [-0.3, -0.25) is 10.2 Å². The van der Waals surface area contributed by atoms with Gasteiger partial charge in [-0.1, -0.05) is 26.0 Å². The molecule has 0 aliphatic carbocycles. The molecule has 1 aromatic carbocycles. The molecule has 2 amide bonds. The van der Waals surface area contributed by atoms with Gasteiger partial charge in [-0.15, -0.1) is 11.3 Å². The van der Waals surface area contributed by atoms with E-state index in [2.05, 4.69) is 34.4 Å². The normalized spacial score (nSPS) is 17.5. The second-order valence-electron chi connectivity index (χ2n) is 7.62. The third-order valence-electron chi connectivity index (χ3n) is 5.20. The molecular formula is C20H29N5O2S. The number of thiazole rings is 1. The van der Waals surface area contributed by atoms with Crippen LogP contribution in [0.15, 0.2) is 29.6 Å². The predicted octanol–water partition coefficient (Wildman–Crippen LogP) is 2.63. The number of ether oxygens (including phenoxy) is 1. The van der Waals surface area contributed by atoms with Crippen molar-refractivity contribution in [2.75, 3.05) is 38.6 Å². The van der Waals surface area contributed by atoms with Crippen molar-refractivity contribution < 1.29 is 9.53 Å². The molecule has 7 nitrogen and oxygen atoms in total. The van der Waals surface area contributed by atoms with Crippen molar-refractivity contribution in [2.24, 2.45) is 5.73 Å². The molecule has 1 atom stereocenters. The number of nitrogens with one attached hydrogen (secondary N) is 2. The van der Waals surface area contributed by atoms with E-state index in [1.54, 1.807) is 7.11 Å². The van der Waals surface area contributed by atoms with Crippen molar-refractivity contribution in [2.45, 2.75) is 31.7 Å². The molecule has 1 aliphatic heterocycles. The molecule has 0 radical (unpaired) electrons. The topological polar surface area (TPSA) is 92.5 Å². The van der Waals surface area contributed by atoms with Crippen LogP contribution in [-0.4, -0.2) is 55.2 Å². The maximum atomic E-state index is 12.1. The molecule has 1 unspecified atom stereocenters. The van der Waals surface area contributed by atoms with Crippen molar-refractivity contribution in [1.82, 2.24) is 15.2 Å². The molecule has 3 rings (SSSR count). The van der Waals surface area contributed by atoms with Crippen LogP contribution in [0.2, 0.25) is 0 Å². The lowest BCUT2D eigenvalue weighted by molar-refractivity contribution is 0.249. The van der Waals surface area contributed by atoms with Gasteiger partial charge in [0.1, 0.15) is 5.75 Å². The highest BCUT2D eigenvalue weighted by Crippen LogP contribution is 2.34. The first-order chi connectivity index (χ1) is 13.4. The zero-order valence-electron chi connectivity index (χ0n) is 16.7. The summed E-state index contributed by atoms with van der Waals surface area (Å²) in [6.07, 6.45) is 1.03. The van der Waals surface area contributed by atoms with Gasteiger partial charge in [0.05, 0.1) is 12.8 Å². The quantitative estimate of drug-likeness (QED) is 0.661. The van der Waals surface area contributed by atoms with Crippen LogP contribution in [0.5, 0.6) is 5.75 Å². The molecule has 28 heavy (non-hydrogen) atoms. The van der Waals surface area contributed by atoms with Crippen molar-refractivity contribution in [3.8, 4) is 5.75 Å². The minimum atomic E-state index is -0.270. The van der Waals surface area contributed by atoms with Crippen LogP contribution < -0.4 is 21.1 Å². The minimum absolute atomic E-state index is 0.230. The number of hydrogen-bond acceptors (Lipinski definition) is 6. The maximum absolute atomic E-state index is 12.1. The number of anilines is 1. The number of nitrogens with zero attached hydrogens (tertiary/aromatic N) is 2. The van der Waals surface area contributed by atoms with Gasteiger partial charge in [-0.25, -0.2) is 9.78 Å². The van der Waals surface area contributed by atoms with Gasteiger partial charge in [-0.05, 0) is 30.7 Å². The average Bonchev–Trinajstić information content (AvgIpc) is 3.31. The largest absolute Gasteiger partial charge is 0.497 e. The standard InChI is InChI=1S/C20H29N5O2S/c1-20(2,14-4-6-16(27-3)7-5-14)17-13-28-19(23-17)24-18(26)22-9-11-25-10-8-15(21)12-25/h4-7,13,15H,8-12,21H2,1-3H3,(H2,22,23,24,26). The molecule has 2 aromatic rings. The number of amides is 2. The first-order valence-corrected chi connectivity index (χ1v) is 10.4. The average molecular weight is 404 g/mol. The number of nitrogens with two attached hydrogens (primary N) is 1. The molecule has 1 saturated heterocycles. The maximum Gasteiger partial charge on any atom is 0.321 e. The Morgan fingerprint density at radius 3 is 2.79 bits per heavy atom. The summed E-state index contributed by atoms with van der Waals surface area (Å²) in [7, 11) is 1.66. The highest BCUT2D eigenvalue weighted by molar-refractivity contribution is 7.13. The van der Waals surface area contributed by atoms with Gasteiger partial charge in [0.25, 0.3) is 0 Å². The summed E-state index contributed by atoms with van der Waals surface area (Å²) in [5.41, 5.74) is 7.69. The summed E-state index contributed by atoms with van der Waals surface area (Å²) >= 11 is 1.43.